The Labute approximate surface area is 81.7 Å². The van der Waals surface area contributed by atoms with Crippen LogP contribution in [-0.4, -0.2) is 22.1 Å². The highest BCUT2D eigenvalue weighted by Gasteiger charge is 2.21. The lowest BCUT2D eigenvalue weighted by Crippen LogP contribution is -2.31. The van der Waals surface area contributed by atoms with Crippen molar-refractivity contribution in [2.45, 2.75) is 0 Å². The SMILES string of the molecule is O=C1C=C(NC(=O)CI)C(=O)N1. The van der Waals surface area contributed by atoms with Crippen molar-refractivity contribution in [2.24, 2.45) is 0 Å². The number of amides is 3. The number of alkyl halides is 1. The Morgan fingerprint density at radius 3 is 2.67 bits per heavy atom. The van der Waals surface area contributed by atoms with Crippen molar-refractivity contribution < 1.29 is 14.4 Å². The third kappa shape index (κ3) is 2.03. The minimum absolute atomic E-state index is 0.0154. The van der Waals surface area contributed by atoms with E-state index in [9.17, 15) is 14.4 Å². The van der Waals surface area contributed by atoms with Gasteiger partial charge >= 0.3 is 0 Å². The molecule has 0 atom stereocenters. The van der Waals surface area contributed by atoms with E-state index in [2.05, 4.69) is 5.32 Å². The van der Waals surface area contributed by atoms with E-state index in [4.69, 9.17) is 0 Å². The maximum absolute atomic E-state index is 10.8. The van der Waals surface area contributed by atoms with Gasteiger partial charge in [0.25, 0.3) is 11.8 Å². The van der Waals surface area contributed by atoms with E-state index < -0.39 is 11.8 Å². The summed E-state index contributed by atoms with van der Waals surface area (Å²) in [6.07, 6.45) is 1.06. The summed E-state index contributed by atoms with van der Waals surface area (Å²) in [5, 5.41) is 4.30. The van der Waals surface area contributed by atoms with Gasteiger partial charge in [-0.3, -0.25) is 19.7 Å². The summed E-state index contributed by atoms with van der Waals surface area (Å²) in [5.41, 5.74) is 0.0154. The van der Waals surface area contributed by atoms with Gasteiger partial charge in [-0.05, 0) is 0 Å². The van der Waals surface area contributed by atoms with E-state index in [1.807, 2.05) is 27.9 Å². The predicted molar refractivity (Wildman–Crippen MR) is 48.3 cm³/mol. The van der Waals surface area contributed by atoms with E-state index in [0.29, 0.717) is 0 Å². The van der Waals surface area contributed by atoms with Crippen molar-refractivity contribution in [3.8, 4) is 0 Å². The Kier molecular flexibility index (Phi) is 2.79. The van der Waals surface area contributed by atoms with Gasteiger partial charge in [0.2, 0.25) is 5.91 Å². The highest BCUT2D eigenvalue weighted by Crippen LogP contribution is 1.97. The van der Waals surface area contributed by atoms with Crippen LogP contribution in [0.25, 0.3) is 0 Å². The Balaban J connectivity index is 2.64. The number of halogens is 1. The van der Waals surface area contributed by atoms with Crippen molar-refractivity contribution in [1.29, 1.82) is 0 Å². The standard InChI is InChI=1S/C6H5IN2O3/c7-2-5(11)8-3-1-4(10)9-6(3)12/h1H,2H2,(H2,8,9,10,11,12). The molecule has 6 heteroatoms. The van der Waals surface area contributed by atoms with Gasteiger partial charge in [0.15, 0.2) is 0 Å². The second kappa shape index (κ2) is 3.65. The largest absolute Gasteiger partial charge is 0.321 e. The first-order valence-electron chi connectivity index (χ1n) is 3.06. The van der Waals surface area contributed by atoms with E-state index in [-0.39, 0.29) is 16.0 Å². The van der Waals surface area contributed by atoms with Gasteiger partial charge in [-0.15, -0.1) is 0 Å². The summed E-state index contributed by atoms with van der Waals surface area (Å²) < 4.78 is 0.247. The number of carbonyl (C=O) groups excluding carboxylic acids is 3. The van der Waals surface area contributed by atoms with Crippen LogP contribution in [0.3, 0.4) is 0 Å². The molecule has 1 aliphatic heterocycles. The van der Waals surface area contributed by atoms with Gasteiger partial charge in [0, 0.05) is 6.08 Å². The summed E-state index contributed by atoms with van der Waals surface area (Å²) in [4.78, 5) is 32.2. The molecule has 0 fully saturated rings. The van der Waals surface area contributed by atoms with Gasteiger partial charge in [-0.2, -0.15) is 0 Å². The zero-order valence-corrected chi connectivity index (χ0v) is 8.04. The molecule has 0 aromatic rings. The van der Waals surface area contributed by atoms with Crippen LogP contribution in [0, 0.1) is 0 Å². The fourth-order valence-electron chi connectivity index (χ4n) is 0.688. The lowest BCUT2D eigenvalue weighted by molar-refractivity contribution is -0.125. The Morgan fingerprint density at radius 2 is 2.25 bits per heavy atom. The number of nitrogens with one attached hydrogen (secondary N) is 2. The van der Waals surface area contributed by atoms with Gasteiger partial charge in [-0.25, -0.2) is 0 Å². The molecule has 0 bridgehead atoms. The molecule has 0 aliphatic carbocycles. The van der Waals surface area contributed by atoms with Crippen LogP contribution in [0.2, 0.25) is 0 Å². The zero-order valence-electron chi connectivity index (χ0n) is 5.89. The summed E-state index contributed by atoms with van der Waals surface area (Å²) in [6, 6.07) is 0. The number of imide groups is 1. The summed E-state index contributed by atoms with van der Waals surface area (Å²) in [5.74, 6) is -1.35. The van der Waals surface area contributed by atoms with Crippen molar-refractivity contribution in [3.63, 3.8) is 0 Å². The molecule has 1 aliphatic rings. The minimum Gasteiger partial charge on any atom is -0.321 e. The van der Waals surface area contributed by atoms with E-state index in [1.54, 1.807) is 0 Å². The van der Waals surface area contributed by atoms with Crippen LogP contribution in [0.1, 0.15) is 0 Å². The van der Waals surface area contributed by atoms with Crippen LogP contribution < -0.4 is 10.6 Å². The summed E-state index contributed by atoms with van der Waals surface area (Å²) >= 11 is 1.86. The molecule has 3 amide bonds. The molecule has 64 valence electrons. The second-order valence-corrected chi connectivity index (χ2v) is 2.82. The molecule has 1 heterocycles. The molecule has 5 nitrogen and oxygen atoms in total. The van der Waals surface area contributed by atoms with Crippen molar-refractivity contribution >= 4 is 40.3 Å². The van der Waals surface area contributed by atoms with Crippen molar-refractivity contribution in [3.05, 3.63) is 11.8 Å². The molecule has 1 rings (SSSR count). The molecule has 0 aromatic heterocycles. The maximum Gasteiger partial charge on any atom is 0.274 e. The smallest absolute Gasteiger partial charge is 0.274 e. The first kappa shape index (κ1) is 9.17. The fourth-order valence-corrected chi connectivity index (χ4v) is 0.879. The monoisotopic (exact) mass is 280 g/mol. The molecule has 2 N–H and O–H groups in total. The quantitative estimate of drug-likeness (QED) is 0.390. The van der Waals surface area contributed by atoms with Gasteiger partial charge in [-0.1, -0.05) is 22.6 Å². The molecular formula is C6H5IN2O3. The highest BCUT2D eigenvalue weighted by molar-refractivity contribution is 14.1. The van der Waals surface area contributed by atoms with Gasteiger partial charge in [0.05, 0.1) is 4.43 Å². The Hall–Kier alpha value is -0.920. The van der Waals surface area contributed by atoms with Crippen LogP contribution in [0.4, 0.5) is 0 Å². The lowest BCUT2D eigenvalue weighted by atomic mass is 10.4. The number of hydrogen-bond acceptors (Lipinski definition) is 3. The van der Waals surface area contributed by atoms with E-state index in [1.165, 1.54) is 0 Å². The average Bonchev–Trinajstić information content (AvgIpc) is 2.30. The molecule has 0 aromatic carbocycles. The van der Waals surface area contributed by atoms with Crippen LogP contribution in [0.5, 0.6) is 0 Å². The Morgan fingerprint density at radius 1 is 1.58 bits per heavy atom. The lowest BCUT2D eigenvalue weighted by Gasteiger charge is -1.99. The molecule has 0 saturated heterocycles. The molecule has 0 unspecified atom stereocenters. The highest BCUT2D eigenvalue weighted by atomic mass is 127. The fraction of sp³-hybridized carbons (Fsp3) is 0.167. The number of carbonyl (C=O) groups is 3. The first-order chi connectivity index (χ1) is 5.63. The van der Waals surface area contributed by atoms with Gasteiger partial charge < -0.3 is 5.32 Å². The van der Waals surface area contributed by atoms with E-state index >= 15 is 0 Å². The topological polar surface area (TPSA) is 75.3 Å². The molecular weight excluding hydrogens is 275 g/mol. The van der Waals surface area contributed by atoms with Crippen LogP contribution in [0.15, 0.2) is 11.8 Å². The molecule has 0 radical (unpaired) electrons. The summed E-state index contributed by atoms with van der Waals surface area (Å²) in [6.45, 7) is 0. The normalized spacial score (nSPS) is 15.6. The molecule has 0 saturated carbocycles. The van der Waals surface area contributed by atoms with Crippen LogP contribution >= 0.6 is 22.6 Å². The molecule has 0 spiro atoms. The predicted octanol–water partition coefficient (Wildman–Crippen LogP) is -0.922. The minimum atomic E-state index is -0.557. The van der Waals surface area contributed by atoms with Gasteiger partial charge in [0.1, 0.15) is 5.70 Å². The Bertz CT molecular complexity index is 285. The third-order valence-electron chi connectivity index (χ3n) is 1.15. The second-order valence-electron chi connectivity index (χ2n) is 2.06. The molecule has 12 heavy (non-hydrogen) atoms. The first-order valence-corrected chi connectivity index (χ1v) is 4.59. The zero-order chi connectivity index (χ0) is 9.14. The van der Waals surface area contributed by atoms with Crippen molar-refractivity contribution in [2.75, 3.05) is 4.43 Å². The third-order valence-corrected chi connectivity index (χ3v) is 1.85. The average molecular weight is 280 g/mol. The maximum atomic E-state index is 10.8. The number of hydrogen-bond donors (Lipinski definition) is 2. The van der Waals surface area contributed by atoms with E-state index in [0.717, 1.165) is 6.08 Å². The summed E-state index contributed by atoms with van der Waals surface area (Å²) in [7, 11) is 0. The number of rotatable bonds is 2. The van der Waals surface area contributed by atoms with Crippen molar-refractivity contribution in [1.82, 2.24) is 10.6 Å². The van der Waals surface area contributed by atoms with Crippen LogP contribution in [-0.2, 0) is 14.4 Å².